The standard InChI is InChI=1S/C52H93N13O11/c1-11-19-36(58-50(75)44(33(8)66)63-49(74)43(32(7)13-3)62-47(72)41(30(4)5)60-39(68)28-57-40(69)29-64(10)34(9)67)45(70)61-42(31(6)12-2)48(73)59-37(22-17-25-56-52(53)54)51(76)65-27-18-23-38(65)46(71)55-26-24-35-20-15-14-16-21-35/h30-33,35-38,41-44,66H,11-29H2,1-10H3,(H,55,71)(H,57,69)(H,58,75)(H,59,73)(H,60,68)(H,61,70)(H,62,72)(H,63,74)(H4,53,54,56)/t31-,32-,33+,36-,37-,38-,41-,42-,43+,44-/m0/s1. The van der Waals surface area contributed by atoms with Crippen molar-refractivity contribution in [2.75, 3.05) is 39.8 Å². The van der Waals surface area contributed by atoms with Gasteiger partial charge in [-0.05, 0) is 69.1 Å². The van der Waals surface area contributed by atoms with Crippen LogP contribution in [0.25, 0.3) is 0 Å². The zero-order chi connectivity index (χ0) is 57.2. The lowest BCUT2D eigenvalue weighted by Gasteiger charge is -2.32. The molecule has 0 bridgehead atoms. The summed E-state index contributed by atoms with van der Waals surface area (Å²) in [6.45, 7) is 14.9. The molecule has 1 saturated carbocycles. The van der Waals surface area contributed by atoms with E-state index in [4.69, 9.17) is 11.5 Å². The van der Waals surface area contributed by atoms with Gasteiger partial charge < -0.3 is 68.9 Å². The van der Waals surface area contributed by atoms with E-state index in [1.807, 2.05) is 6.92 Å². The molecule has 2 fully saturated rings. The highest BCUT2D eigenvalue weighted by molar-refractivity contribution is 5.98. The molecule has 1 aliphatic heterocycles. The first-order valence-electron chi connectivity index (χ1n) is 27.5. The van der Waals surface area contributed by atoms with E-state index in [2.05, 4.69) is 47.5 Å². The van der Waals surface area contributed by atoms with Crippen LogP contribution >= 0.6 is 0 Å². The molecule has 1 heterocycles. The van der Waals surface area contributed by atoms with Crippen LogP contribution in [-0.4, -0.2) is 168 Å². The number of aliphatic imine (C=N–C) groups is 1. The molecule has 13 N–H and O–H groups in total. The van der Waals surface area contributed by atoms with Crippen LogP contribution < -0.4 is 54.0 Å². The summed E-state index contributed by atoms with van der Waals surface area (Å²) in [5.74, 6) is -7.25. The first-order valence-corrected chi connectivity index (χ1v) is 27.5. The Kier molecular flexibility index (Phi) is 29.4. The van der Waals surface area contributed by atoms with Crippen LogP contribution in [0.3, 0.4) is 0 Å². The maximum absolute atomic E-state index is 14.4. The van der Waals surface area contributed by atoms with E-state index < -0.39 is 120 Å². The zero-order valence-corrected chi connectivity index (χ0v) is 46.9. The van der Waals surface area contributed by atoms with E-state index in [-0.39, 0.29) is 43.7 Å². The van der Waals surface area contributed by atoms with Gasteiger partial charge in [0.15, 0.2) is 5.96 Å². The predicted molar refractivity (Wildman–Crippen MR) is 287 cm³/mol. The van der Waals surface area contributed by atoms with Gasteiger partial charge in [-0.15, -0.1) is 0 Å². The maximum atomic E-state index is 14.4. The SMILES string of the molecule is CCC[C@H](NC(=O)[C@@H](NC(=O)[C@H](NC(=O)[C@@H](NC(=O)CNC(=O)CN(C)C(C)=O)C(C)C)[C@@H](C)CC)[C@@H](C)O)C(=O)N[C@H](C(=O)N[C@@H](CCCN=C(N)N)C(=O)N1CCC[C@H]1C(=O)NCCC1CCCCC1)[C@@H](C)CC. The van der Waals surface area contributed by atoms with Crippen molar-refractivity contribution >= 4 is 65.0 Å². The van der Waals surface area contributed by atoms with Gasteiger partial charge in [0.05, 0.1) is 19.2 Å². The van der Waals surface area contributed by atoms with Crippen LogP contribution in [0.2, 0.25) is 0 Å². The molecule has 0 radical (unpaired) electrons. The van der Waals surface area contributed by atoms with Gasteiger partial charge >= 0.3 is 0 Å². The maximum Gasteiger partial charge on any atom is 0.245 e. The zero-order valence-electron chi connectivity index (χ0n) is 46.9. The Bertz CT molecular complexity index is 1980. The molecule has 24 heteroatoms. The molecule has 10 amide bonds. The highest BCUT2D eigenvalue weighted by Gasteiger charge is 2.40. The molecule has 0 unspecified atom stereocenters. The lowest BCUT2D eigenvalue weighted by molar-refractivity contribution is -0.142. The number of nitrogens with two attached hydrogens (primary N) is 2. The van der Waals surface area contributed by atoms with Crippen LogP contribution in [0.15, 0.2) is 4.99 Å². The smallest absolute Gasteiger partial charge is 0.245 e. The van der Waals surface area contributed by atoms with Gasteiger partial charge in [0.1, 0.15) is 42.3 Å². The second-order valence-electron chi connectivity index (χ2n) is 21.0. The van der Waals surface area contributed by atoms with Crippen LogP contribution in [0, 0.1) is 23.7 Å². The van der Waals surface area contributed by atoms with Crippen LogP contribution in [0.4, 0.5) is 0 Å². The number of aliphatic hydroxyl groups excluding tert-OH is 1. The summed E-state index contributed by atoms with van der Waals surface area (Å²) in [4.78, 5) is 141. The second kappa shape index (κ2) is 33.9. The van der Waals surface area contributed by atoms with Crippen LogP contribution in [0.1, 0.15) is 152 Å². The van der Waals surface area contributed by atoms with Crippen molar-refractivity contribution < 1.29 is 53.1 Å². The van der Waals surface area contributed by atoms with E-state index in [0.717, 1.165) is 24.2 Å². The molecular weight excluding hydrogens is 983 g/mol. The fourth-order valence-corrected chi connectivity index (χ4v) is 9.21. The molecule has 0 aromatic rings. The summed E-state index contributed by atoms with van der Waals surface area (Å²) >= 11 is 0. The van der Waals surface area contributed by atoms with E-state index >= 15 is 0 Å². The molecule has 2 rings (SSSR count). The summed E-state index contributed by atoms with van der Waals surface area (Å²) in [7, 11) is 1.43. The van der Waals surface area contributed by atoms with Gasteiger partial charge in [-0.3, -0.25) is 52.9 Å². The number of amides is 10. The molecule has 10 atom stereocenters. The van der Waals surface area contributed by atoms with Gasteiger partial charge in [-0.2, -0.15) is 0 Å². The molecular formula is C52H93N13O11. The number of nitrogens with zero attached hydrogens (tertiary/aromatic N) is 3. The van der Waals surface area contributed by atoms with Crippen LogP contribution in [0.5, 0.6) is 0 Å². The largest absolute Gasteiger partial charge is 0.391 e. The van der Waals surface area contributed by atoms with Crippen molar-refractivity contribution in [3.8, 4) is 0 Å². The summed E-state index contributed by atoms with van der Waals surface area (Å²) < 4.78 is 0. The number of carbonyl (C=O) groups excluding carboxylic acids is 10. The number of carbonyl (C=O) groups is 10. The molecule has 76 heavy (non-hydrogen) atoms. The van der Waals surface area contributed by atoms with Gasteiger partial charge in [0, 0.05) is 33.6 Å². The summed E-state index contributed by atoms with van der Waals surface area (Å²) in [5, 5.41) is 32.4. The summed E-state index contributed by atoms with van der Waals surface area (Å²) in [5.41, 5.74) is 11.1. The number of rotatable bonds is 32. The number of hydrogen-bond acceptors (Lipinski definition) is 12. The molecule has 2 aliphatic rings. The topological polar surface area (TPSA) is 358 Å². The predicted octanol–water partition coefficient (Wildman–Crippen LogP) is -0.450. The second-order valence-corrected chi connectivity index (χ2v) is 21.0. The van der Waals surface area contributed by atoms with Crippen molar-refractivity contribution in [3.05, 3.63) is 0 Å². The lowest BCUT2D eigenvalue weighted by Crippen LogP contribution is -2.63. The number of hydrogen-bond donors (Lipinski definition) is 11. The number of aliphatic hydroxyl groups is 1. The van der Waals surface area contributed by atoms with Crippen molar-refractivity contribution in [1.29, 1.82) is 0 Å². The first-order chi connectivity index (χ1) is 35.9. The molecule has 24 nitrogen and oxygen atoms in total. The highest BCUT2D eigenvalue weighted by atomic mass is 16.3. The molecule has 0 spiro atoms. The number of likely N-dealkylation sites (tertiary alicyclic amines) is 1. The lowest BCUT2D eigenvalue weighted by atomic mass is 9.87. The number of likely N-dealkylation sites (N-methyl/N-ethyl adjacent to an activating group) is 1. The Morgan fingerprint density at radius 1 is 0.658 bits per heavy atom. The Balaban J connectivity index is 2.27. The molecule has 1 aliphatic carbocycles. The third-order valence-corrected chi connectivity index (χ3v) is 14.5. The van der Waals surface area contributed by atoms with E-state index in [0.29, 0.717) is 57.5 Å². The third-order valence-electron chi connectivity index (χ3n) is 14.5. The third kappa shape index (κ3) is 22.3. The highest BCUT2D eigenvalue weighted by Crippen LogP contribution is 2.26. The van der Waals surface area contributed by atoms with Crippen molar-refractivity contribution in [2.24, 2.45) is 40.1 Å². The Morgan fingerprint density at radius 3 is 1.76 bits per heavy atom. The Labute approximate surface area is 449 Å². The minimum absolute atomic E-state index is 0.0882. The van der Waals surface area contributed by atoms with Gasteiger partial charge in [0.25, 0.3) is 0 Å². The van der Waals surface area contributed by atoms with Gasteiger partial charge in [-0.25, -0.2) is 0 Å². The fourth-order valence-electron chi connectivity index (χ4n) is 9.21. The summed E-state index contributed by atoms with van der Waals surface area (Å²) in [6, 6.07) is -8.31. The summed E-state index contributed by atoms with van der Waals surface area (Å²) in [6.07, 6.45) is 8.06. The minimum Gasteiger partial charge on any atom is -0.391 e. The molecule has 0 aromatic heterocycles. The fraction of sp³-hybridized carbons (Fsp3) is 0.788. The Hall–Kier alpha value is -6.07. The van der Waals surface area contributed by atoms with Gasteiger partial charge in [-0.1, -0.05) is 99.8 Å². The van der Waals surface area contributed by atoms with Crippen molar-refractivity contribution in [3.63, 3.8) is 0 Å². The minimum atomic E-state index is -1.62. The molecule has 432 valence electrons. The molecule has 0 aromatic carbocycles. The monoisotopic (exact) mass is 1080 g/mol. The average molecular weight is 1080 g/mol. The van der Waals surface area contributed by atoms with Crippen LogP contribution in [-0.2, 0) is 47.9 Å². The van der Waals surface area contributed by atoms with E-state index in [9.17, 15) is 53.1 Å². The first kappa shape index (κ1) is 66.0. The number of guanidine groups is 1. The quantitative estimate of drug-likeness (QED) is 0.0231. The average Bonchev–Trinajstić information content (AvgIpc) is 3.87. The molecule has 1 saturated heterocycles. The number of nitrogens with one attached hydrogen (secondary N) is 8. The van der Waals surface area contributed by atoms with Crippen molar-refractivity contribution in [2.45, 2.75) is 201 Å². The van der Waals surface area contributed by atoms with Gasteiger partial charge in [0.2, 0.25) is 59.1 Å². The Morgan fingerprint density at radius 2 is 1.21 bits per heavy atom. The van der Waals surface area contributed by atoms with E-state index in [1.165, 1.54) is 45.1 Å². The van der Waals surface area contributed by atoms with E-state index in [1.54, 1.807) is 41.5 Å². The normalized spacial score (nSPS) is 18.2. The van der Waals surface area contributed by atoms with Crippen molar-refractivity contribution in [1.82, 2.24) is 52.3 Å².